The highest BCUT2D eigenvalue weighted by molar-refractivity contribution is 7.22. The molecule has 9 aromatic carbocycles. The average Bonchev–Trinajstić information content (AvgIpc) is 3.30. The van der Waals surface area contributed by atoms with Crippen LogP contribution in [0.1, 0.15) is 0 Å². The van der Waals surface area contributed by atoms with E-state index in [0.29, 0.717) is 0 Å². The fourth-order valence-corrected chi connectivity index (χ4v) is 15.9. The molecular weight excluding hydrogens is 712 g/mol. The Morgan fingerprint density at radius 2 is 0.655 bits per heavy atom. The third-order valence-electron chi connectivity index (χ3n) is 13.0. The van der Waals surface area contributed by atoms with Crippen molar-refractivity contribution in [1.29, 1.82) is 0 Å². The lowest BCUT2D eigenvalue weighted by Gasteiger charge is -2.53. The fourth-order valence-electron chi connectivity index (χ4n) is 10.7. The number of hydrogen-bond acceptors (Lipinski definition) is 1. The number of anilines is 3. The van der Waals surface area contributed by atoms with E-state index in [2.05, 4.69) is 229 Å². The third-order valence-corrected chi connectivity index (χ3v) is 17.8. The molecule has 0 bridgehead atoms. The van der Waals surface area contributed by atoms with Crippen LogP contribution in [-0.4, -0.2) is 21.5 Å². The number of nitrogens with zero attached hydrogens (tertiary/aromatic N) is 1. The maximum absolute atomic E-state index is 3.09. The topological polar surface area (TPSA) is 3.24 Å². The Morgan fingerprint density at radius 1 is 0.293 bits per heavy atom. The molecule has 1 nitrogen and oxygen atoms in total. The smallest absolute Gasteiger partial charge is 0.246 e. The summed E-state index contributed by atoms with van der Waals surface area (Å²) in [5.41, 5.74) is 17.2. The van der Waals surface area contributed by atoms with E-state index in [4.69, 9.17) is 0 Å². The summed E-state index contributed by atoms with van der Waals surface area (Å²) in [5.74, 6) is 0. The second-order valence-electron chi connectivity index (χ2n) is 15.9. The van der Waals surface area contributed by atoms with Gasteiger partial charge >= 0.3 is 0 Å². The first-order valence-electron chi connectivity index (χ1n) is 20.4. The predicted molar refractivity (Wildman–Crippen MR) is 251 cm³/mol. The first kappa shape index (κ1) is 33.3. The number of benzene rings is 9. The lowest BCUT2D eigenvalue weighted by atomic mass is 9.30. The van der Waals surface area contributed by atoms with Crippen LogP contribution in [0.3, 0.4) is 0 Å². The first-order valence-corrected chi connectivity index (χ1v) is 22.4. The van der Waals surface area contributed by atoms with Crippen molar-refractivity contribution >= 4 is 92.1 Å². The Labute approximate surface area is 342 Å². The van der Waals surface area contributed by atoms with Crippen LogP contribution in [0.15, 0.2) is 224 Å². The molecule has 4 heteroatoms. The first-order chi connectivity index (χ1) is 28.8. The minimum Gasteiger partial charge on any atom is -0.313 e. The minimum absolute atomic E-state index is 0.0474. The quantitative estimate of drug-likeness (QED) is 0.193. The largest absolute Gasteiger partial charge is 0.313 e. The summed E-state index contributed by atoms with van der Waals surface area (Å²) in [6.07, 6.45) is 0. The van der Waals surface area contributed by atoms with Gasteiger partial charge in [0.25, 0.3) is 0 Å². The lowest BCUT2D eigenvalue weighted by Crippen LogP contribution is -2.81. The molecule has 0 aliphatic carbocycles. The van der Waals surface area contributed by atoms with E-state index in [1.807, 2.05) is 0 Å². The van der Waals surface area contributed by atoms with Gasteiger partial charge in [-0.15, -0.1) is 0 Å². The van der Waals surface area contributed by atoms with Crippen LogP contribution >= 0.6 is 0 Å². The lowest BCUT2D eigenvalue weighted by molar-refractivity contribution is 1.31. The van der Waals surface area contributed by atoms with Crippen molar-refractivity contribution < 1.29 is 0 Å². The van der Waals surface area contributed by atoms with Crippen LogP contribution in [0.2, 0.25) is 0 Å². The molecule has 0 amide bonds. The maximum Gasteiger partial charge on any atom is 0.246 e. The van der Waals surface area contributed by atoms with Gasteiger partial charge in [-0.2, -0.15) is 0 Å². The van der Waals surface area contributed by atoms with Crippen LogP contribution in [0.25, 0.3) is 22.3 Å². The molecule has 0 radical (unpaired) electrons. The highest BCUT2D eigenvalue weighted by Crippen LogP contribution is 2.42. The van der Waals surface area contributed by atoms with E-state index in [-0.39, 0.29) is 13.4 Å². The predicted octanol–water partition coefficient (Wildman–Crippen LogP) is 5.84. The molecule has 0 unspecified atom stereocenters. The summed E-state index contributed by atoms with van der Waals surface area (Å²) in [4.78, 5) is 2.74. The van der Waals surface area contributed by atoms with E-state index in [9.17, 15) is 0 Å². The zero-order chi connectivity index (χ0) is 38.2. The van der Waals surface area contributed by atoms with Gasteiger partial charge in [-0.05, 0) is 64.9 Å². The SMILES string of the molecule is c1ccc(B2c3cccc4c3N3c5c2cc(-c2ccccc2)cc5[Si](c2ccccc2)(c2ccccc2)c2cc(-c5ccccc5)cc(c23)B4c2ccccc2)cc1. The van der Waals surface area contributed by atoms with Gasteiger partial charge < -0.3 is 4.90 Å². The van der Waals surface area contributed by atoms with Crippen molar-refractivity contribution in [2.75, 3.05) is 4.90 Å². The average molecular weight is 750 g/mol. The van der Waals surface area contributed by atoms with Crippen molar-refractivity contribution in [1.82, 2.24) is 0 Å². The summed E-state index contributed by atoms with van der Waals surface area (Å²) < 4.78 is 0. The van der Waals surface area contributed by atoms with Crippen LogP contribution in [-0.2, 0) is 0 Å². The molecule has 3 aliphatic rings. The van der Waals surface area contributed by atoms with Crippen LogP contribution in [0.4, 0.5) is 17.1 Å². The summed E-state index contributed by atoms with van der Waals surface area (Å²) in [6, 6.07) is 85.1. The normalized spacial score (nSPS) is 13.9. The van der Waals surface area contributed by atoms with Crippen LogP contribution in [0.5, 0.6) is 0 Å². The van der Waals surface area contributed by atoms with E-state index in [0.717, 1.165) is 0 Å². The molecule has 0 spiro atoms. The zero-order valence-corrected chi connectivity index (χ0v) is 33.0. The van der Waals surface area contributed by atoms with Gasteiger partial charge in [0, 0.05) is 17.1 Å². The molecule has 0 aromatic heterocycles. The molecule has 0 saturated heterocycles. The van der Waals surface area contributed by atoms with Gasteiger partial charge in [0.2, 0.25) is 13.4 Å². The van der Waals surface area contributed by atoms with Crippen LogP contribution in [0, 0.1) is 0 Å². The highest BCUT2D eigenvalue weighted by atomic mass is 28.3. The van der Waals surface area contributed by atoms with Crippen molar-refractivity contribution in [2.24, 2.45) is 0 Å². The number of para-hydroxylation sites is 1. The molecule has 0 fully saturated rings. The molecular formula is C54H37B2NSi. The van der Waals surface area contributed by atoms with Gasteiger partial charge in [0.1, 0.15) is 0 Å². The van der Waals surface area contributed by atoms with E-state index in [1.54, 1.807) is 0 Å². The summed E-state index contributed by atoms with van der Waals surface area (Å²) in [7, 11) is -3.09. The summed E-state index contributed by atoms with van der Waals surface area (Å²) in [5, 5.41) is 5.70. The number of rotatable bonds is 6. The maximum atomic E-state index is 2.74. The highest BCUT2D eigenvalue weighted by Gasteiger charge is 2.55. The van der Waals surface area contributed by atoms with Crippen molar-refractivity contribution in [3.05, 3.63) is 224 Å². The Morgan fingerprint density at radius 3 is 1.05 bits per heavy atom. The Kier molecular flexibility index (Phi) is 7.51. The van der Waals surface area contributed by atoms with Gasteiger partial charge in [-0.1, -0.05) is 235 Å². The molecule has 268 valence electrons. The van der Waals surface area contributed by atoms with Crippen molar-refractivity contribution in [3.63, 3.8) is 0 Å². The van der Waals surface area contributed by atoms with E-state index in [1.165, 1.54) is 92.8 Å². The summed E-state index contributed by atoms with van der Waals surface area (Å²) in [6.45, 7) is 0.0948. The van der Waals surface area contributed by atoms with Gasteiger partial charge in [0.05, 0.1) is 0 Å². The fraction of sp³-hybridized carbons (Fsp3) is 0. The molecule has 3 aliphatic heterocycles. The Balaban J connectivity index is 1.33. The standard InChI is InChI=1S/C54H37B2NSi/c1-7-20-38(21-8-1)40-34-48-53-50(36-40)58(44-28-15-5-16-29-44,45-30-17-6-18-31-45)51-37-41(39-22-9-2-10-23-39)35-49-54(51)57(53)52-46(55(48)42-24-11-3-12-25-42)32-19-33-47(52)56(49)43-26-13-4-14-27-43/h1-37H. The number of hydrogen-bond donors (Lipinski definition) is 0. The minimum atomic E-state index is -3.09. The third kappa shape index (κ3) is 4.73. The summed E-state index contributed by atoms with van der Waals surface area (Å²) >= 11 is 0. The Hall–Kier alpha value is -6.87. The molecule has 58 heavy (non-hydrogen) atoms. The molecule has 0 saturated carbocycles. The van der Waals surface area contributed by atoms with Crippen LogP contribution < -0.4 is 58.4 Å². The monoisotopic (exact) mass is 749 g/mol. The molecule has 12 rings (SSSR count). The van der Waals surface area contributed by atoms with Gasteiger partial charge in [-0.25, -0.2) is 0 Å². The van der Waals surface area contributed by atoms with Crippen molar-refractivity contribution in [2.45, 2.75) is 0 Å². The van der Waals surface area contributed by atoms with E-state index < -0.39 is 8.07 Å². The second kappa shape index (κ2) is 13.1. The van der Waals surface area contributed by atoms with Crippen molar-refractivity contribution in [3.8, 4) is 22.3 Å². The molecule has 0 atom stereocenters. The zero-order valence-electron chi connectivity index (χ0n) is 32.0. The Bertz CT molecular complexity index is 2790. The second-order valence-corrected chi connectivity index (χ2v) is 19.7. The van der Waals surface area contributed by atoms with Gasteiger partial charge in [-0.3, -0.25) is 0 Å². The van der Waals surface area contributed by atoms with E-state index >= 15 is 0 Å². The molecule has 9 aromatic rings. The molecule has 0 N–H and O–H groups in total. The van der Waals surface area contributed by atoms with Gasteiger partial charge in [0.15, 0.2) is 8.07 Å². The molecule has 3 heterocycles.